The van der Waals surface area contributed by atoms with Crippen LogP contribution in [-0.2, 0) is 59.5 Å². The number of nitriles is 3. The van der Waals surface area contributed by atoms with Gasteiger partial charge in [0.2, 0.25) is 35.4 Å². The molecule has 2 N–H and O–H groups in total. The van der Waals surface area contributed by atoms with Gasteiger partial charge in [-0.25, -0.2) is 19.3 Å². The number of aromatic nitrogens is 5. The van der Waals surface area contributed by atoms with Crippen LogP contribution in [0.15, 0.2) is 92.7 Å². The molecule has 3 aromatic carbocycles. The van der Waals surface area contributed by atoms with E-state index in [0.717, 1.165) is 173 Å². The van der Waals surface area contributed by atoms with E-state index in [9.17, 15) is 52.8 Å². The Morgan fingerprint density at radius 1 is 0.508 bits per heavy atom. The molecule has 0 radical (unpaired) electrons. The van der Waals surface area contributed by atoms with Gasteiger partial charge in [-0.1, -0.05) is 44.0 Å². The Bertz CT molecular complexity index is 5420. The molecule has 9 saturated heterocycles. The number of carbonyl (C=O) groups excluding carboxylic acids is 3. The maximum atomic E-state index is 14.7. The summed E-state index contributed by atoms with van der Waals surface area (Å²) in [7, 11) is 6.26. The summed E-state index contributed by atoms with van der Waals surface area (Å²) in [5, 5.41) is 50.0. The van der Waals surface area contributed by atoms with Gasteiger partial charge in [0.1, 0.15) is 72.0 Å². The van der Waals surface area contributed by atoms with Crippen molar-refractivity contribution >= 4 is 62.7 Å². The Labute approximate surface area is 708 Å². The van der Waals surface area contributed by atoms with Crippen LogP contribution in [0.2, 0.25) is 0 Å². The summed E-state index contributed by atoms with van der Waals surface area (Å²) < 4.78 is 75.6. The van der Waals surface area contributed by atoms with Crippen molar-refractivity contribution in [3.8, 4) is 41.6 Å². The van der Waals surface area contributed by atoms with Gasteiger partial charge in [0, 0.05) is 155 Å². The van der Waals surface area contributed by atoms with E-state index in [1.165, 1.54) is 53.7 Å². The van der Waals surface area contributed by atoms with Crippen LogP contribution in [0.5, 0.6) is 23.4 Å². The van der Waals surface area contributed by atoms with Crippen molar-refractivity contribution < 1.29 is 51.3 Å². The van der Waals surface area contributed by atoms with Crippen molar-refractivity contribution in [2.24, 2.45) is 16.2 Å². The number of halogens is 4. The summed E-state index contributed by atoms with van der Waals surface area (Å²) in [5.41, 5.74) is 13.0. The number of anilines is 6. The third-order valence-corrected chi connectivity index (χ3v) is 27.4. The number of H-pyrrole nitrogens is 1. The van der Waals surface area contributed by atoms with Gasteiger partial charge in [0.25, 0.3) is 0 Å². The van der Waals surface area contributed by atoms with Gasteiger partial charge in [0.05, 0.1) is 82.4 Å². The molecule has 4 aromatic heterocycles. The third-order valence-electron chi connectivity index (χ3n) is 27.4. The molecule has 9 fully saturated rings. The predicted molar refractivity (Wildman–Crippen MR) is 454 cm³/mol. The quantitative estimate of drug-likeness (QED) is 0.0597. The lowest BCUT2D eigenvalue weighted by molar-refractivity contribution is -0.140. The average molecular weight is 1670 g/mol. The van der Waals surface area contributed by atoms with Gasteiger partial charge in [-0.3, -0.25) is 19.5 Å². The Morgan fingerprint density at radius 2 is 0.877 bits per heavy atom. The second-order valence-corrected chi connectivity index (χ2v) is 35.7. The highest BCUT2D eigenvalue weighted by Gasteiger charge is 2.57. The number of nitrogens with one attached hydrogen (secondary N) is 1. The molecule has 27 nitrogen and oxygen atoms in total. The molecule has 122 heavy (non-hydrogen) atoms. The summed E-state index contributed by atoms with van der Waals surface area (Å²) in [6, 6.07) is 20.8. The van der Waals surface area contributed by atoms with Crippen molar-refractivity contribution in [2.45, 2.75) is 116 Å². The van der Waals surface area contributed by atoms with E-state index >= 15 is 0 Å². The highest BCUT2D eigenvalue weighted by atomic mass is 19.4. The number of phenolic OH excluding ortho intramolecular Hbond substituents is 1. The minimum absolute atomic E-state index is 0.0105. The van der Waals surface area contributed by atoms with Gasteiger partial charge >= 0.3 is 6.18 Å². The molecular formula is C91H104F4N20O7. The van der Waals surface area contributed by atoms with E-state index < -0.39 is 17.6 Å². The molecule has 0 saturated carbocycles. The van der Waals surface area contributed by atoms with Crippen LogP contribution in [0, 0.1) is 69.9 Å². The molecule has 31 heteroatoms. The highest BCUT2D eigenvalue weighted by molar-refractivity contribution is 5.94. The first kappa shape index (κ1) is 82.6. The number of para-hydroxylation sites is 2. The number of likely N-dealkylation sites (tertiary alicyclic amines) is 6. The standard InChI is InChI=1S/C31H35F3N6O2.C31H36N8O2.C29H33FN6O3/c1-4-26(41)39-16-30(17-39)18-40(19-30)28-22-10-12-38(27-20(2)7-5-9-24(27)31(32,33)34)14-25(22)36-29(23(28)13-35)42-15-21-8-6-11-37(21)3;1-4-27(40)38-16-31(17-38)18-39(19-31)29-22-9-11-37(28-20(2)7-8-25-24(28)13-33-35-25)14-26(22)34-30(23(29)12-32)41-15-21-6-5-10-36(21)3;1-3-25(38)35-15-29(16-35)17-36(18-29)26-20-9-11-34(27-22(30)7-4-8-24(27)37)13-23(20)32-28(21(26)12-31)39-14-19-6-5-10-33(19)2/h4-5,7,9,21H,1,6,8,10-12,14-19H2,2-3H3;4,7-8,13,21H,1,5-6,9-11,14-19H2,2-3H3,(H,33,35);3-4,7-8,19,37H,1,5-6,9-11,13-18H2,2H3/t2*21-;19-/m000/s1. The number of phenols is 1. The molecule has 0 unspecified atom stereocenters. The molecule has 3 atom stereocenters. The number of likely N-dealkylation sites (N-methyl/N-ethyl adjacent to an activating group) is 3. The van der Waals surface area contributed by atoms with Crippen molar-refractivity contribution in [2.75, 3.05) is 188 Å². The van der Waals surface area contributed by atoms with E-state index in [2.05, 4.69) is 123 Å². The first-order valence-electron chi connectivity index (χ1n) is 42.4. The Hall–Kier alpha value is -11.7. The van der Waals surface area contributed by atoms with Crippen LogP contribution in [0.25, 0.3) is 10.9 Å². The Balaban J connectivity index is 0.000000130. The zero-order chi connectivity index (χ0) is 85.4. The number of hydrogen-bond acceptors (Lipinski definition) is 23. The van der Waals surface area contributed by atoms with Gasteiger partial charge in [-0.05, 0) is 166 Å². The smallest absolute Gasteiger partial charge is 0.418 e. The number of alkyl halides is 3. The zero-order valence-electron chi connectivity index (χ0n) is 70.0. The first-order valence-corrected chi connectivity index (χ1v) is 42.4. The number of amides is 3. The molecule has 3 amide bonds. The zero-order valence-corrected chi connectivity index (χ0v) is 70.0. The number of carbonyl (C=O) groups is 3. The summed E-state index contributed by atoms with van der Waals surface area (Å²) in [4.78, 5) is 75.6. The molecule has 0 bridgehead atoms. The van der Waals surface area contributed by atoms with E-state index in [1.54, 1.807) is 32.6 Å². The second-order valence-electron chi connectivity index (χ2n) is 35.7. The highest BCUT2D eigenvalue weighted by Crippen LogP contribution is 2.52. The van der Waals surface area contributed by atoms with Gasteiger partial charge in [-0.2, -0.15) is 34.1 Å². The van der Waals surface area contributed by atoms with E-state index in [4.69, 9.17) is 29.2 Å². The maximum absolute atomic E-state index is 14.7. The normalized spacial score (nSPS) is 21.5. The number of hydrogen-bond donors (Lipinski definition) is 2. The van der Waals surface area contributed by atoms with E-state index in [0.29, 0.717) is 144 Å². The fourth-order valence-electron chi connectivity index (χ4n) is 21.1. The minimum atomic E-state index is -4.48. The van der Waals surface area contributed by atoms with Crippen molar-refractivity contribution in [1.82, 2.24) is 54.5 Å². The third kappa shape index (κ3) is 15.3. The number of aromatic hydroxyl groups is 1. The molecule has 7 aromatic rings. The van der Waals surface area contributed by atoms with Crippen LogP contribution in [0.1, 0.15) is 106 Å². The number of fused-ring (bicyclic) bond motifs is 4. The van der Waals surface area contributed by atoms with Gasteiger partial charge < -0.3 is 78.1 Å². The second kappa shape index (κ2) is 32.9. The van der Waals surface area contributed by atoms with Crippen molar-refractivity contribution in [1.29, 1.82) is 15.8 Å². The molecule has 12 aliphatic rings. The number of ether oxygens (including phenoxy) is 3. The molecule has 19 rings (SSSR count). The molecule has 3 spiro atoms. The Kier molecular flexibility index (Phi) is 22.3. The number of pyridine rings is 3. The van der Waals surface area contributed by atoms with Crippen LogP contribution in [0.3, 0.4) is 0 Å². The summed E-state index contributed by atoms with van der Waals surface area (Å²) in [6.45, 7) is 30.4. The van der Waals surface area contributed by atoms with Crippen LogP contribution in [0.4, 0.5) is 51.7 Å². The summed E-state index contributed by atoms with van der Waals surface area (Å²) in [6.07, 6.45) is 9.73. The van der Waals surface area contributed by atoms with Crippen LogP contribution >= 0.6 is 0 Å². The van der Waals surface area contributed by atoms with Gasteiger partial charge in [-0.15, -0.1) is 0 Å². The molecule has 638 valence electrons. The van der Waals surface area contributed by atoms with E-state index in [-0.39, 0.29) is 75.6 Å². The van der Waals surface area contributed by atoms with E-state index in [1.807, 2.05) is 11.1 Å². The maximum Gasteiger partial charge on any atom is 0.418 e. The minimum Gasteiger partial charge on any atom is -0.506 e. The van der Waals surface area contributed by atoms with Crippen molar-refractivity contribution in [3.05, 3.63) is 166 Å². The number of nitrogens with zero attached hydrogens (tertiary/aromatic N) is 19. The monoisotopic (exact) mass is 1660 g/mol. The van der Waals surface area contributed by atoms with Crippen molar-refractivity contribution in [3.63, 3.8) is 0 Å². The lowest BCUT2D eigenvalue weighted by Crippen LogP contribution is -2.73. The summed E-state index contributed by atoms with van der Waals surface area (Å²) >= 11 is 0. The lowest BCUT2D eigenvalue weighted by Gasteiger charge is -2.61. The number of rotatable bonds is 18. The molecular weight excluding hydrogens is 1560 g/mol. The topological polar surface area (TPSA) is 277 Å². The predicted octanol–water partition coefficient (Wildman–Crippen LogP) is 9.83. The molecule has 12 aliphatic heterocycles. The van der Waals surface area contributed by atoms with Crippen LogP contribution < -0.4 is 43.6 Å². The largest absolute Gasteiger partial charge is 0.506 e. The SMILES string of the molecule is C=CC(=O)N1CC2(C1)CN(c1c(C#N)c(OC[C@@H]3CCCN3C)nc3c1CCN(c1c(C)ccc4[nH]ncc14)C3)C2.C=CC(=O)N1CC2(C1)CN(c1c(C#N)c(OC[C@@H]3CCCN3C)nc3c1CCN(c1c(C)cccc1C(F)(F)F)C3)C2.C=CC(=O)N1CC2(C1)CN(c1c(C#N)c(OC[C@@H]3CCCN3C)nc3c1CCN(c1c(O)cccc1F)C3)C2. The van der Waals surface area contributed by atoms with Gasteiger partial charge in [0.15, 0.2) is 0 Å². The molecule has 0 aliphatic carbocycles. The fraction of sp³-hybridized carbons (Fsp3) is 0.495. The molecule has 16 heterocycles. The summed E-state index contributed by atoms with van der Waals surface area (Å²) in [5.74, 6) is 0.254. The first-order chi connectivity index (χ1) is 58.7. The average Bonchev–Trinajstić information content (AvgIpc) is 1.31. The Morgan fingerprint density at radius 3 is 1.23 bits per heavy atom. The number of aryl methyl sites for hydroxylation is 2. The number of aromatic amines is 1. The van der Waals surface area contributed by atoms with Crippen LogP contribution in [-0.4, -0.2) is 254 Å². The fourth-order valence-corrected chi connectivity index (χ4v) is 21.1. The lowest BCUT2D eigenvalue weighted by atomic mass is 9.72. The number of benzene rings is 3.